The van der Waals surface area contributed by atoms with Crippen LogP contribution in [0.1, 0.15) is 39.0 Å². The Hall–Kier alpha value is -3.88. The van der Waals surface area contributed by atoms with Crippen molar-refractivity contribution in [2.75, 3.05) is 6.54 Å². The molecule has 2 aromatic carbocycles. The smallest absolute Gasteiger partial charge is 0.316 e. The van der Waals surface area contributed by atoms with Crippen LogP contribution in [-0.4, -0.2) is 37.3 Å². The Morgan fingerprint density at radius 1 is 1.16 bits per heavy atom. The average molecular weight is 435 g/mol. The summed E-state index contributed by atoms with van der Waals surface area (Å²) in [6, 6.07) is 11.0. The summed E-state index contributed by atoms with van der Waals surface area (Å²) in [5.74, 6) is -2.41. The van der Waals surface area contributed by atoms with E-state index in [0.29, 0.717) is 13.1 Å². The zero-order chi connectivity index (χ0) is 22.4. The summed E-state index contributed by atoms with van der Waals surface area (Å²) in [6.07, 6.45) is 1.83. The van der Waals surface area contributed by atoms with Gasteiger partial charge in [-0.3, -0.25) is 9.48 Å². The van der Waals surface area contributed by atoms with Gasteiger partial charge in [0.25, 0.3) is 0 Å². The Morgan fingerprint density at radius 3 is 2.72 bits per heavy atom. The number of halogens is 2. The maximum Gasteiger partial charge on any atom is 0.316 e. The van der Waals surface area contributed by atoms with Crippen LogP contribution in [0.4, 0.5) is 8.78 Å². The van der Waals surface area contributed by atoms with Gasteiger partial charge in [-0.1, -0.05) is 29.4 Å². The molecule has 0 bridgehead atoms. The van der Waals surface area contributed by atoms with Gasteiger partial charge in [0.2, 0.25) is 5.82 Å². The number of nitrogens with zero attached hydrogens (tertiary/aromatic N) is 5. The quantitative estimate of drug-likeness (QED) is 0.489. The van der Waals surface area contributed by atoms with Crippen molar-refractivity contribution >= 4 is 5.91 Å². The Labute approximate surface area is 182 Å². The molecule has 1 aliphatic rings. The molecule has 0 radical (unpaired) electrons. The van der Waals surface area contributed by atoms with E-state index in [9.17, 15) is 13.6 Å². The zero-order valence-electron chi connectivity index (χ0n) is 17.4. The van der Waals surface area contributed by atoms with Gasteiger partial charge in [-0.25, -0.2) is 8.78 Å². The second-order valence-electron chi connectivity index (χ2n) is 7.79. The van der Waals surface area contributed by atoms with Crippen LogP contribution in [0.5, 0.6) is 0 Å². The molecule has 1 aliphatic heterocycles. The van der Waals surface area contributed by atoms with Crippen molar-refractivity contribution in [3.63, 3.8) is 0 Å². The molecule has 9 heteroatoms. The predicted octanol–water partition coefficient (Wildman–Crippen LogP) is 3.84. The Kier molecular flexibility index (Phi) is 4.80. The number of benzene rings is 2. The molecule has 32 heavy (non-hydrogen) atoms. The first-order chi connectivity index (χ1) is 15.4. The molecule has 0 saturated heterocycles. The lowest BCUT2D eigenvalue weighted by Crippen LogP contribution is -2.38. The number of aryl methyl sites for hydroxylation is 1. The van der Waals surface area contributed by atoms with Gasteiger partial charge in [0, 0.05) is 43.4 Å². The van der Waals surface area contributed by atoms with Crippen molar-refractivity contribution in [2.24, 2.45) is 7.05 Å². The van der Waals surface area contributed by atoms with Crippen LogP contribution in [0.15, 0.2) is 53.2 Å². The lowest BCUT2D eigenvalue weighted by Gasteiger charge is -2.34. The van der Waals surface area contributed by atoms with Crippen LogP contribution in [0.3, 0.4) is 0 Å². The molecular weight excluding hydrogens is 416 g/mol. The summed E-state index contributed by atoms with van der Waals surface area (Å²) >= 11 is 0. The second kappa shape index (κ2) is 7.67. The first-order valence-corrected chi connectivity index (χ1v) is 10.1. The molecule has 1 atom stereocenters. The molecule has 0 fully saturated rings. The van der Waals surface area contributed by atoms with Crippen molar-refractivity contribution in [2.45, 2.75) is 19.4 Å². The van der Waals surface area contributed by atoms with E-state index in [0.717, 1.165) is 34.5 Å². The lowest BCUT2D eigenvalue weighted by atomic mass is 9.85. The second-order valence-corrected chi connectivity index (χ2v) is 7.79. The third kappa shape index (κ3) is 3.35. The predicted molar refractivity (Wildman–Crippen MR) is 111 cm³/mol. The SMILES string of the molecule is Cc1c(C2CN(C(=O)c3nc(-c4ccc(F)cc4F)no3)Cc3ccccc32)cnn1C. The van der Waals surface area contributed by atoms with Crippen LogP contribution in [0.2, 0.25) is 0 Å². The molecule has 7 nitrogen and oxygen atoms in total. The van der Waals surface area contributed by atoms with Crippen LogP contribution in [0, 0.1) is 18.6 Å². The molecule has 4 aromatic rings. The van der Waals surface area contributed by atoms with Crippen molar-refractivity contribution in [3.05, 3.63) is 88.6 Å². The highest BCUT2D eigenvalue weighted by molar-refractivity contribution is 5.90. The van der Waals surface area contributed by atoms with Crippen molar-refractivity contribution < 1.29 is 18.1 Å². The van der Waals surface area contributed by atoms with E-state index in [2.05, 4.69) is 21.3 Å². The summed E-state index contributed by atoms with van der Waals surface area (Å²) in [4.78, 5) is 18.9. The zero-order valence-corrected chi connectivity index (χ0v) is 17.4. The van der Waals surface area contributed by atoms with E-state index >= 15 is 0 Å². The normalized spacial score (nSPS) is 15.6. The summed E-state index contributed by atoms with van der Waals surface area (Å²) in [7, 11) is 1.88. The van der Waals surface area contributed by atoms with E-state index in [4.69, 9.17) is 4.52 Å². The van der Waals surface area contributed by atoms with E-state index in [1.807, 2.05) is 38.4 Å². The minimum atomic E-state index is -0.830. The van der Waals surface area contributed by atoms with Gasteiger partial charge < -0.3 is 9.42 Å². The van der Waals surface area contributed by atoms with Gasteiger partial charge in [-0.15, -0.1) is 0 Å². The van der Waals surface area contributed by atoms with Gasteiger partial charge in [-0.05, 0) is 30.2 Å². The minimum Gasteiger partial charge on any atom is -0.329 e. The number of carbonyl (C=O) groups is 1. The van der Waals surface area contributed by atoms with Crippen molar-refractivity contribution in [1.29, 1.82) is 0 Å². The Balaban J connectivity index is 1.47. The van der Waals surface area contributed by atoms with E-state index in [1.54, 1.807) is 9.58 Å². The standard InChI is InChI=1S/C23H19F2N5O2/c1-13-18(10-26-29(13)2)19-12-30(11-14-5-3-4-6-16(14)19)23(31)22-27-21(28-32-22)17-8-7-15(24)9-20(17)25/h3-10,19H,11-12H2,1-2H3. The molecule has 0 saturated carbocycles. The Bertz CT molecular complexity index is 1330. The number of hydrogen-bond acceptors (Lipinski definition) is 5. The minimum absolute atomic E-state index is 0.0398. The van der Waals surface area contributed by atoms with Crippen LogP contribution in [0.25, 0.3) is 11.4 Å². The molecule has 1 amide bonds. The van der Waals surface area contributed by atoms with E-state index in [1.165, 1.54) is 6.07 Å². The fraction of sp³-hybridized carbons (Fsp3) is 0.217. The molecule has 0 spiro atoms. The number of carbonyl (C=O) groups excluding carboxylic acids is 1. The summed E-state index contributed by atoms with van der Waals surface area (Å²) < 4.78 is 34.2. The third-order valence-electron chi connectivity index (χ3n) is 5.91. The fourth-order valence-electron chi connectivity index (χ4n) is 4.11. The van der Waals surface area contributed by atoms with E-state index in [-0.39, 0.29) is 23.2 Å². The molecule has 0 aliphatic carbocycles. The molecule has 162 valence electrons. The van der Waals surface area contributed by atoms with Crippen molar-refractivity contribution in [1.82, 2.24) is 24.8 Å². The molecule has 1 unspecified atom stereocenters. The largest absolute Gasteiger partial charge is 0.329 e. The molecular formula is C23H19F2N5O2. The first kappa shape index (κ1) is 20.0. The molecule has 2 aromatic heterocycles. The fourth-order valence-corrected chi connectivity index (χ4v) is 4.11. The van der Waals surface area contributed by atoms with Gasteiger partial charge in [0.15, 0.2) is 0 Å². The molecule has 0 N–H and O–H groups in total. The molecule has 5 rings (SSSR count). The maximum atomic E-state index is 14.1. The lowest BCUT2D eigenvalue weighted by molar-refractivity contribution is 0.0674. The number of rotatable bonds is 3. The van der Waals surface area contributed by atoms with Gasteiger partial charge in [0.05, 0.1) is 11.8 Å². The number of aromatic nitrogens is 4. The number of hydrogen-bond donors (Lipinski definition) is 0. The highest BCUT2D eigenvalue weighted by Gasteiger charge is 2.33. The monoisotopic (exact) mass is 435 g/mol. The van der Waals surface area contributed by atoms with Gasteiger partial charge in [-0.2, -0.15) is 10.1 Å². The number of amides is 1. The van der Waals surface area contributed by atoms with Crippen LogP contribution in [-0.2, 0) is 13.6 Å². The summed E-state index contributed by atoms with van der Waals surface area (Å²) in [6.45, 7) is 2.78. The average Bonchev–Trinajstić information content (AvgIpc) is 3.40. The third-order valence-corrected chi connectivity index (χ3v) is 5.91. The first-order valence-electron chi connectivity index (χ1n) is 10.1. The highest BCUT2D eigenvalue weighted by atomic mass is 19.1. The summed E-state index contributed by atoms with van der Waals surface area (Å²) in [5, 5.41) is 8.08. The maximum absolute atomic E-state index is 14.1. The Morgan fingerprint density at radius 2 is 1.97 bits per heavy atom. The van der Waals surface area contributed by atoms with E-state index < -0.39 is 17.5 Å². The summed E-state index contributed by atoms with van der Waals surface area (Å²) in [5.41, 5.74) is 4.18. The van der Waals surface area contributed by atoms with Crippen molar-refractivity contribution in [3.8, 4) is 11.4 Å². The van der Waals surface area contributed by atoms with Gasteiger partial charge in [0.1, 0.15) is 11.6 Å². The highest BCUT2D eigenvalue weighted by Crippen LogP contribution is 2.35. The van der Waals surface area contributed by atoms with Gasteiger partial charge >= 0.3 is 11.8 Å². The molecule has 3 heterocycles. The van der Waals surface area contributed by atoms with Crippen LogP contribution >= 0.6 is 0 Å². The number of fused-ring (bicyclic) bond motifs is 1. The topological polar surface area (TPSA) is 77.1 Å². The van der Waals surface area contributed by atoms with Crippen LogP contribution < -0.4 is 0 Å².